The van der Waals surface area contributed by atoms with E-state index in [1.807, 2.05) is 37.3 Å². The average Bonchev–Trinajstić information content (AvgIpc) is 2.99. The van der Waals surface area contributed by atoms with Crippen LogP contribution in [0.25, 0.3) is 0 Å². The molecule has 0 atom stereocenters. The SMILES string of the molecule is Cc1cnc(NC(=O)c2ccc(COc3ccccc3Cl)cc2)s1. The highest BCUT2D eigenvalue weighted by molar-refractivity contribution is 7.15. The van der Waals surface area contributed by atoms with E-state index >= 15 is 0 Å². The molecular weight excluding hydrogens is 344 g/mol. The van der Waals surface area contributed by atoms with Crippen LogP contribution in [-0.4, -0.2) is 10.9 Å². The van der Waals surface area contributed by atoms with Crippen LogP contribution in [0.15, 0.2) is 54.7 Å². The fourth-order valence-corrected chi connectivity index (χ4v) is 2.91. The van der Waals surface area contributed by atoms with Crippen LogP contribution < -0.4 is 10.1 Å². The summed E-state index contributed by atoms with van der Waals surface area (Å²) in [6.07, 6.45) is 1.73. The molecule has 3 aromatic rings. The minimum absolute atomic E-state index is 0.178. The van der Waals surface area contributed by atoms with Crippen LogP contribution in [0, 0.1) is 6.92 Å². The van der Waals surface area contributed by atoms with Crippen molar-refractivity contribution in [3.63, 3.8) is 0 Å². The zero-order valence-corrected chi connectivity index (χ0v) is 14.5. The van der Waals surface area contributed by atoms with Crippen LogP contribution in [0.2, 0.25) is 5.02 Å². The van der Waals surface area contributed by atoms with Crippen molar-refractivity contribution in [2.75, 3.05) is 5.32 Å². The van der Waals surface area contributed by atoms with Gasteiger partial charge in [0.15, 0.2) is 5.13 Å². The summed E-state index contributed by atoms with van der Waals surface area (Å²) in [4.78, 5) is 17.3. The van der Waals surface area contributed by atoms with Crippen LogP contribution >= 0.6 is 22.9 Å². The van der Waals surface area contributed by atoms with Crippen molar-refractivity contribution >= 4 is 34.0 Å². The number of aromatic nitrogens is 1. The van der Waals surface area contributed by atoms with Gasteiger partial charge in [0.25, 0.3) is 5.91 Å². The Hall–Kier alpha value is -2.37. The molecule has 4 nitrogen and oxygen atoms in total. The lowest BCUT2D eigenvalue weighted by molar-refractivity contribution is 0.102. The molecule has 0 unspecified atom stereocenters. The third-order valence-corrected chi connectivity index (χ3v) is 4.43. The molecule has 0 saturated carbocycles. The second kappa shape index (κ2) is 7.47. The predicted molar refractivity (Wildman–Crippen MR) is 97.0 cm³/mol. The minimum atomic E-state index is -0.178. The fourth-order valence-electron chi connectivity index (χ4n) is 2.06. The molecule has 0 saturated heterocycles. The summed E-state index contributed by atoms with van der Waals surface area (Å²) in [6, 6.07) is 14.6. The molecule has 6 heteroatoms. The van der Waals surface area contributed by atoms with Gasteiger partial charge in [-0.3, -0.25) is 10.1 Å². The van der Waals surface area contributed by atoms with Crippen molar-refractivity contribution in [2.45, 2.75) is 13.5 Å². The van der Waals surface area contributed by atoms with E-state index < -0.39 is 0 Å². The molecule has 0 aliphatic rings. The van der Waals surface area contributed by atoms with Gasteiger partial charge in [0, 0.05) is 16.6 Å². The van der Waals surface area contributed by atoms with Crippen LogP contribution in [0.1, 0.15) is 20.8 Å². The molecule has 1 aromatic heterocycles. The Balaban J connectivity index is 1.60. The van der Waals surface area contributed by atoms with E-state index in [4.69, 9.17) is 16.3 Å². The highest BCUT2D eigenvalue weighted by Gasteiger charge is 2.08. The van der Waals surface area contributed by atoms with Crippen molar-refractivity contribution in [1.29, 1.82) is 0 Å². The number of anilines is 1. The Morgan fingerprint density at radius 3 is 2.62 bits per heavy atom. The number of hydrogen-bond acceptors (Lipinski definition) is 4. The van der Waals surface area contributed by atoms with E-state index in [9.17, 15) is 4.79 Å². The molecule has 1 heterocycles. The summed E-state index contributed by atoms with van der Waals surface area (Å²) < 4.78 is 5.68. The Labute approximate surface area is 149 Å². The molecule has 1 amide bonds. The molecule has 0 radical (unpaired) electrons. The first-order valence-electron chi connectivity index (χ1n) is 7.32. The van der Waals surface area contributed by atoms with Gasteiger partial charge in [-0.25, -0.2) is 4.98 Å². The summed E-state index contributed by atoms with van der Waals surface area (Å²) in [5.41, 5.74) is 1.53. The Morgan fingerprint density at radius 2 is 1.96 bits per heavy atom. The first kappa shape index (κ1) is 16.5. The van der Waals surface area contributed by atoms with Crippen molar-refractivity contribution in [1.82, 2.24) is 4.98 Å². The van der Waals surface area contributed by atoms with Gasteiger partial charge in [0.1, 0.15) is 12.4 Å². The van der Waals surface area contributed by atoms with E-state index in [1.165, 1.54) is 11.3 Å². The zero-order chi connectivity index (χ0) is 16.9. The van der Waals surface area contributed by atoms with Gasteiger partial charge in [0.05, 0.1) is 5.02 Å². The molecule has 122 valence electrons. The van der Waals surface area contributed by atoms with Gasteiger partial charge in [-0.15, -0.1) is 11.3 Å². The quantitative estimate of drug-likeness (QED) is 0.703. The van der Waals surface area contributed by atoms with Crippen LogP contribution in [-0.2, 0) is 6.61 Å². The maximum atomic E-state index is 12.2. The summed E-state index contributed by atoms with van der Waals surface area (Å²) in [5.74, 6) is 0.461. The van der Waals surface area contributed by atoms with E-state index in [2.05, 4.69) is 10.3 Å². The molecular formula is C18H15ClN2O2S. The highest BCUT2D eigenvalue weighted by Crippen LogP contribution is 2.24. The third kappa shape index (κ3) is 4.13. The number of carbonyl (C=O) groups is 1. The number of halogens is 1. The maximum Gasteiger partial charge on any atom is 0.257 e. The lowest BCUT2D eigenvalue weighted by Gasteiger charge is -2.08. The van der Waals surface area contributed by atoms with Crippen molar-refractivity contribution in [2.24, 2.45) is 0 Å². The summed E-state index contributed by atoms with van der Waals surface area (Å²) >= 11 is 7.50. The fraction of sp³-hybridized carbons (Fsp3) is 0.111. The molecule has 1 N–H and O–H groups in total. The standard InChI is InChI=1S/C18H15ClN2O2S/c1-12-10-20-18(24-12)21-17(22)14-8-6-13(7-9-14)11-23-16-5-3-2-4-15(16)19/h2-10H,11H2,1H3,(H,20,21,22). The van der Waals surface area contributed by atoms with E-state index in [1.54, 1.807) is 24.4 Å². The number of ether oxygens (including phenoxy) is 1. The van der Waals surface area contributed by atoms with Gasteiger partial charge < -0.3 is 4.74 Å². The molecule has 24 heavy (non-hydrogen) atoms. The monoisotopic (exact) mass is 358 g/mol. The number of thiazole rings is 1. The highest BCUT2D eigenvalue weighted by atomic mass is 35.5. The molecule has 0 bridgehead atoms. The number of nitrogens with zero attached hydrogens (tertiary/aromatic N) is 1. The smallest absolute Gasteiger partial charge is 0.257 e. The predicted octanol–water partition coefficient (Wildman–Crippen LogP) is 4.94. The van der Waals surface area contributed by atoms with E-state index in [-0.39, 0.29) is 5.91 Å². The molecule has 0 fully saturated rings. The Morgan fingerprint density at radius 1 is 1.21 bits per heavy atom. The summed E-state index contributed by atoms with van der Waals surface area (Å²) in [5, 5.41) is 3.96. The first-order valence-corrected chi connectivity index (χ1v) is 8.51. The number of hydrogen-bond donors (Lipinski definition) is 1. The van der Waals surface area contributed by atoms with Gasteiger partial charge in [-0.05, 0) is 36.8 Å². The lowest BCUT2D eigenvalue weighted by atomic mass is 10.1. The molecule has 0 spiro atoms. The molecule has 3 rings (SSSR count). The largest absolute Gasteiger partial charge is 0.487 e. The number of amides is 1. The summed E-state index contributed by atoms with van der Waals surface area (Å²) in [6.45, 7) is 2.33. The van der Waals surface area contributed by atoms with Crippen LogP contribution in [0.4, 0.5) is 5.13 Å². The number of benzene rings is 2. The zero-order valence-electron chi connectivity index (χ0n) is 13.0. The van der Waals surface area contributed by atoms with Gasteiger partial charge in [-0.2, -0.15) is 0 Å². The number of rotatable bonds is 5. The number of nitrogens with one attached hydrogen (secondary N) is 1. The van der Waals surface area contributed by atoms with Gasteiger partial charge in [0.2, 0.25) is 0 Å². The Kier molecular flexibility index (Phi) is 5.13. The lowest BCUT2D eigenvalue weighted by Crippen LogP contribution is -2.11. The first-order chi connectivity index (χ1) is 11.6. The maximum absolute atomic E-state index is 12.2. The second-order valence-corrected chi connectivity index (χ2v) is 6.79. The normalized spacial score (nSPS) is 10.4. The third-order valence-electron chi connectivity index (χ3n) is 3.29. The van der Waals surface area contributed by atoms with Gasteiger partial charge >= 0.3 is 0 Å². The molecule has 0 aliphatic carbocycles. The van der Waals surface area contributed by atoms with Crippen LogP contribution in [0.3, 0.4) is 0 Å². The average molecular weight is 359 g/mol. The minimum Gasteiger partial charge on any atom is -0.487 e. The topological polar surface area (TPSA) is 51.2 Å². The van der Waals surface area contributed by atoms with Crippen molar-refractivity contribution in [3.8, 4) is 5.75 Å². The number of para-hydroxylation sites is 1. The van der Waals surface area contributed by atoms with E-state index in [0.29, 0.717) is 28.1 Å². The number of aryl methyl sites for hydroxylation is 1. The molecule has 2 aromatic carbocycles. The number of carbonyl (C=O) groups excluding carboxylic acids is 1. The van der Waals surface area contributed by atoms with Crippen LogP contribution in [0.5, 0.6) is 5.75 Å². The summed E-state index contributed by atoms with van der Waals surface area (Å²) in [7, 11) is 0. The van der Waals surface area contributed by atoms with Crippen molar-refractivity contribution < 1.29 is 9.53 Å². The molecule has 0 aliphatic heterocycles. The van der Waals surface area contributed by atoms with Gasteiger partial charge in [-0.1, -0.05) is 35.9 Å². The Bertz CT molecular complexity index is 846. The van der Waals surface area contributed by atoms with Crippen molar-refractivity contribution in [3.05, 3.63) is 75.8 Å². The second-order valence-electron chi connectivity index (χ2n) is 5.15. The van der Waals surface area contributed by atoms with E-state index in [0.717, 1.165) is 10.4 Å².